The number of nitrogens with zero attached hydrogens (tertiary/aromatic N) is 1. The molecule has 94 valence electrons. The second-order valence-electron chi connectivity index (χ2n) is 4.34. The Bertz CT molecular complexity index is 321. The zero-order chi connectivity index (χ0) is 12.5. The van der Waals surface area contributed by atoms with Crippen LogP contribution in [0.2, 0.25) is 0 Å². The summed E-state index contributed by atoms with van der Waals surface area (Å²) >= 11 is 0. The number of nitrogens with two attached hydrogens (primary N) is 1. The van der Waals surface area contributed by atoms with Crippen LogP contribution in [0.4, 0.5) is 0 Å². The van der Waals surface area contributed by atoms with Crippen molar-refractivity contribution in [1.29, 1.82) is 5.41 Å². The molecule has 0 atom stereocenters. The lowest BCUT2D eigenvalue weighted by atomic mass is 10.2. The number of amidine groups is 1. The van der Waals surface area contributed by atoms with E-state index in [0.29, 0.717) is 5.84 Å². The highest BCUT2D eigenvalue weighted by Crippen LogP contribution is 2.06. The summed E-state index contributed by atoms with van der Waals surface area (Å²) in [5.41, 5.74) is 6.70. The molecule has 0 aliphatic rings. The minimum atomic E-state index is 0.302. The molecule has 3 nitrogen and oxygen atoms in total. The van der Waals surface area contributed by atoms with Gasteiger partial charge in [-0.1, -0.05) is 37.3 Å². The summed E-state index contributed by atoms with van der Waals surface area (Å²) in [5, 5.41) is 7.17. The molecule has 0 bridgehead atoms. The Labute approximate surface area is 104 Å². The van der Waals surface area contributed by atoms with Crippen molar-refractivity contribution in [1.82, 2.24) is 4.90 Å². The Balaban J connectivity index is 2.27. The van der Waals surface area contributed by atoms with Gasteiger partial charge in [-0.2, -0.15) is 0 Å². The topological polar surface area (TPSA) is 53.1 Å². The lowest BCUT2D eigenvalue weighted by molar-refractivity contribution is 0.274. The Hall–Kier alpha value is -1.35. The molecule has 0 radical (unpaired) electrons. The lowest BCUT2D eigenvalue weighted by Gasteiger charge is -2.20. The van der Waals surface area contributed by atoms with E-state index in [1.54, 1.807) is 0 Å². The highest BCUT2D eigenvalue weighted by Gasteiger charge is 2.03. The molecule has 0 unspecified atom stereocenters. The third-order valence-electron chi connectivity index (χ3n) is 2.87. The van der Waals surface area contributed by atoms with Gasteiger partial charge in [-0.25, -0.2) is 0 Å². The average molecular weight is 233 g/mol. The summed E-state index contributed by atoms with van der Waals surface area (Å²) in [6, 6.07) is 10.5. The molecule has 0 spiro atoms. The van der Waals surface area contributed by atoms with E-state index in [1.165, 1.54) is 5.56 Å². The zero-order valence-electron chi connectivity index (χ0n) is 10.7. The van der Waals surface area contributed by atoms with E-state index < -0.39 is 0 Å². The van der Waals surface area contributed by atoms with E-state index in [0.717, 1.165) is 38.9 Å². The van der Waals surface area contributed by atoms with Crippen molar-refractivity contribution in [3.63, 3.8) is 0 Å². The van der Waals surface area contributed by atoms with E-state index >= 15 is 0 Å². The van der Waals surface area contributed by atoms with Gasteiger partial charge in [0, 0.05) is 13.0 Å². The second kappa shape index (κ2) is 7.85. The van der Waals surface area contributed by atoms with Gasteiger partial charge in [-0.15, -0.1) is 0 Å². The fourth-order valence-corrected chi connectivity index (χ4v) is 1.84. The maximum Gasteiger partial charge on any atom is 0.0905 e. The van der Waals surface area contributed by atoms with Gasteiger partial charge in [-0.3, -0.25) is 10.3 Å². The molecule has 3 N–H and O–H groups in total. The first kappa shape index (κ1) is 13.7. The molecule has 3 heteroatoms. The van der Waals surface area contributed by atoms with E-state index in [1.807, 2.05) is 6.07 Å². The van der Waals surface area contributed by atoms with Crippen molar-refractivity contribution in [2.45, 2.75) is 32.7 Å². The quantitative estimate of drug-likeness (QED) is 0.412. The molecule has 0 aromatic heterocycles. The molecule has 0 amide bonds. The largest absolute Gasteiger partial charge is 0.388 e. The van der Waals surface area contributed by atoms with Crippen molar-refractivity contribution in [3.8, 4) is 0 Å². The van der Waals surface area contributed by atoms with Gasteiger partial charge < -0.3 is 5.73 Å². The number of unbranched alkanes of at least 4 members (excludes halogenated alkanes) is 1. The number of benzene rings is 1. The van der Waals surface area contributed by atoms with E-state index in [4.69, 9.17) is 11.1 Å². The molecule has 0 heterocycles. The van der Waals surface area contributed by atoms with E-state index in [-0.39, 0.29) is 0 Å². The predicted octanol–water partition coefficient (Wildman–Crippen LogP) is 2.61. The van der Waals surface area contributed by atoms with Crippen molar-refractivity contribution in [2.24, 2.45) is 5.73 Å². The molecule has 0 saturated heterocycles. The van der Waals surface area contributed by atoms with Crippen LogP contribution >= 0.6 is 0 Å². The number of hydrogen-bond donors (Lipinski definition) is 2. The number of nitrogens with one attached hydrogen (secondary N) is 1. The third-order valence-corrected chi connectivity index (χ3v) is 2.87. The SMILES string of the molecule is CCN(CCCCC(=N)N)Cc1ccccc1. The third kappa shape index (κ3) is 6.07. The molecule has 0 fully saturated rings. The average Bonchev–Trinajstić information content (AvgIpc) is 2.34. The van der Waals surface area contributed by atoms with Crippen molar-refractivity contribution >= 4 is 5.84 Å². The number of rotatable bonds is 8. The van der Waals surface area contributed by atoms with Gasteiger partial charge in [0.25, 0.3) is 0 Å². The van der Waals surface area contributed by atoms with Crippen LogP contribution in [0.3, 0.4) is 0 Å². The van der Waals surface area contributed by atoms with Crippen LogP contribution in [0, 0.1) is 5.41 Å². The molecule has 0 aliphatic heterocycles. The maximum absolute atomic E-state index is 7.17. The van der Waals surface area contributed by atoms with Crippen molar-refractivity contribution in [3.05, 3.63) is 35.9 Å². The summed E-state index contributed by atoms with van der Waals surface area (Å²) in [6.07, 6.45) is 2.85. The lowest BCUT2D eigenvalue weighted by Crippen LogP contribution is -2.24. The standard InChI is InChI=1S/C14H23N3/c1-2-17(11-7-6-10-14(15)16)12-13-8-4-3-5-9-13/h3-5,8-9H,2,6-7,10-12H2,1H3,(H3,15,16). The minimum absolute atomic E-state index is 0.302. The normalized spacial score (nSPS) is 10.7. The summed E-state index contributed by atoms with van der Waals surface area (Å²) in [6.45, 7) is 5.35. The predicted molar refractivity (Wildman–Crippen MR) is 73.2 cm³/mol. The number of hydrogen-bond acceptors (Lipinski definition) is 2. The summed E-state index contributed by atoms with van der Waals surface area (Å²) in [7, 11) is 0. The molecule has 0 aliphatic carbocycles. The molecule has 1 rings (SSSR count). The van der Waals surface area contributed by atoms with Gasteiger partial charge >= 0.3 is 0 Å². The Kier molecular flexibility index (Phi) is 6.33. The van der Waals surface area contributed by atoms with Gasteiger partial charge in [0.2, 0.25) is 0 Å². The molecule has 1 aromatic rings. The summed E-state index contributed by atoms with van der Waals surface area (Å²) < 4.78 is 0. The van der Waals surface area contributed by atoms with Gasteiger partial charge in [0.15, 0.2) is 0 Å². The first-order valence-electron chi connectivity index (χ1n) is 6.31. The second-order valence-corrected chi connectivity index (χ2v) is 4.34. The van der Waals surface area contributed by atoms with Crippen LogP contribution in [0.5, 0.6) is 0 Å². The summed E-state index contributed by atoms with van der Waals surface area (Å²) in [4.78, 5) is 2.43. The Morgan fingerprint density at radius 1 is 1.24 bits per heavy atom. The maximum atomic E-state index is 7.17. The molecular weight excluding hydrogens is 210 g/mol. The highest BCUT2D eigenvalue weighted by atomic mass is 15.1. The van der Waals surface area contributed by atoms with Crippen molar-refractivity contribution < 1.29 is 0 Å². The van der Waals surface area contributed by atoms with Crippen LogP contribution in [-0.2, 0) is 6.54 Å². The molecule has 0 saturated carbocycles. The van der Waals surface area contributed by atoms with Crippen LogP contribution in [0.25, 0.3) is 0 Å². The Morgan fingerprint density at radius 3 is 2.53 bits per heavy atom. The van der Waals surface area contributed by atoms with Crippen LogP contribution in [0.15, 0.2) is 30.3 Å². The van der Waals surface area contributed by atoms with Gasteiger partial charge in [0.1, 0.15) is 0 Å². The van der Waals surface area contributed by atoms with Crippen LogP contribution < -0.4 is 5.73 Å². The Morgan fingerprint density at radius 2 is 1.94 bits per heavy atom. The molecular formula is C14H23N3. The van der Waals surface area contributed by atoms with Gasteiger partial charge in [-0.05, 0) is 31.5 Å². The van der Waals surface area contributed by atoms with Crippen molar-refractivity contribution in [2.75, 3.05) is 13.1 Å². The molecule has 17 heavy (non-hydrogen) atoms. The zero-order valence-corrected chi connectivity index (χ0v) is 10.7. The first-order chi connectivity index (χ1) is 8.22. The van der Waals surface area contributed by atoms with Crippen LogP contribution in [-0.4, -0.2) is 23.8 Å². The highest BCUT2D eigenvalue weighted by molar-refractivity contribution is 5.76. The first-order valence-corrected chi connectivity index (χ1v) is 6.31. The van der Waals surface area contributed by atoms with E-state index in [2.05, 4.69) is 36.1 Å². The molecule has 1 aromatic carbocycles. The van der Waals surface area contributed by atoms with E-state index in [9.17, 15) is 0 Å². The smallest absolute Gasteiger partial charge is 0.0905 e. The van der Waals surface area contributed by atoms with Crippen LogP contribution in [0.1, 0.15) is 31.7 Å². The minimum Gasteiger partial charge on any atom is -0.388 e. The fraction of sp³-hybridized carbons (Fsp3) is 0.500. The fourth-order valence-electron chi connectivity index (χ4n) is 1.84. The monoisotopic (exact) mass is 233 g/mol. The van der Waals surface area contributed by atoms with Gasteiger partial charge in [0.05, 0.1) is 5.84 Å². The summed E-state index contributed by atoms with van der Waals surface area (Å²) in [5.74, 6) is 0.302.